The summed E-state index contributed by atoms with van der Waals surface area (Å²) in [6.45, 7) is 2.94. The lowest BCUT2D eigenvalue weighted by Crippen LogP contribution is -2.68. The molecule has 2 unspecified atom stereocenters. The van der Waals surface area contributed by atoms with Crippen LogP contribution in [-0.4, -0.2) is 62.1 Å². The zero-order chi connectivity index (χ0) is 20.8. The lowest BCUT2D eigenvalue weighted by molar-refractivity contribution is -0.00876. The first-order chi connectivity index (χ1) is 15.3. The maximum atomic E-state index is 5.16. The first kappa shape index (κ1) is 18.3. The molecule has 0 radical (unpaired) electrons. The van der Waals surface area contributed by atoms with Crippen molar-refractivity contribution < 1.29 is 4.74 Å². The average molecular weight is 413 g/mol. The van der Waals surface area contributed by atoms with Gasteiger partial charge in [-0.3, -0.25) is 4.90 Å². The van der Waals surface area contributed by atoms with E-state index in [2.05, 4.69) is 47.9 Å². The van der Waals surface area contributed by atoms with Gasteiger partial charge in [0.15, 0.2) is 0 Å². The number of hydrogen-bond acceptors (Lipinski definition) is 7. The van der Waals surface area contributed by atoms with Crippen LogP contribution in [-0.2, 0) is 6.54 Å². The molecule has 7 rings (SSSR count). The van der Waals surface area contributed by atoms with Crippen LogP contribution in [0.15, 0.2) is 55.2 Å². The Labute approximate surface area is 179 Å². The van der Waals surface area contributed by atoms with E-state index >= 15 is 0 Å². The molecule has 4 aromatic rings. The highest BCUT2D eigenvalue weighted by atomic mass is 16.5. The van der Waals surface area contributed by atoms with Crippen molar-refractivity contribution in [2.45, 2.75) is 25.0 Å². The minimum Gasteiger partial charge on any atom is -0.481 e. The Bertz CT molecular complexity index is 1190. The Balaban J connectivity index is 1.14. The maximum absolute atomic E-state index is 5.16. The third-order valence-electron chi connectivity index (χ3n) is 6.42. The maximum Gasteiger partial charge on any atom is 0.212 e. The lowest BCUT2D eigenvalue weighted by Gasteiger charge is -2.56. The molecule has 2 bridgehead atoms. The molecular formula is C23H23N7O. The molecule has 4 aromatic heterocycles. The van der Waals surface area contributed by atoms with Gasteiger partial charge in [-0.15, -0.1) is 0 Å². The second kappa shape index (κ2) is 7.31. The minimum atomic E-state index is 0.559. The first-order valence-corrected chi connectivity index (χ1v) is 10.5. The third kappa shape index (κ3) is 3.19. The lowest BCUT2D eigenvalue weighted by atomic mass is 9.87. The summed E-state index contributed by atoms with van der Waals surface area (Å²) in [5.74, 6) is 1.69. The van der Waals surface area contributed by atoms with Gasteiger partial charge < -0.3 is 14.6 Å². The molecule has 0 aromatic carbocycles. The molecule has 0 aliphatic carbocycles. The van der Waals surface area contributed by atoms with Crippen LogP contribution < -0.4 is 9.64 Å². The molecule has 0 amide bonds. The molecule has 31 heavy (non-hydrogen) atoms. The average Bonchev–Trinajstić information content (AvgIpc) is 3.32. The second-order valence-corrected chi connectivity index (χ2v) is 8.20. The van der Waals surface area contributed by atoms with Crippen molar-refractivity contribution in [2.24, 2.45) is 0 Å². The Morgan fingerprint density at radius 1 is 1.00 bits per heavy atom. The summed E-state index contributed by atoms with van der Waals surface area (Å²) < 4.78 is 5.16. The van der Waals surface area contributed by atoms with Crippen molar-refractivity contribution in [1.29, 1.82) is 0 Å². The summed E-state index contributed by atoms with van der Waals surface area (Å²) in [6, 6.07) is 11.4. The standard InChI is InChI=1S/C23H23N7O/c1-31-21-5-2-15(9-26-21)11-30-17-8-18(30)13-29(12-17)20-4-3-16(10-25-20)22-19-6-7-24-23(19)28-14-27-22/h2-7,9-10,14,17-18H,8,11-13H2,1H3,(H,24,27,28). The second-order valence-electron chi connectivity index (χ2n) is 8.20. The first-order valence-electron chi connectivity index (χ1n) is 10.5. The Kier molecular flexibility index (Phi) is 4.31. The van der Waals surface area contributed by atoms with E-state index in [-0.39, 0.29) is 0 Å². The fourth-order valence-corrected chi connectivity index (χ4v) is 4.78. The number of ether oxygens (including phenoxy) is 1. The highest BCUT2D eigenvalue weighted by Gasteiger charge is 2.44. The fraction of sp³-hybridized carbons (Fsp3) is 0.304. The summed E-state index contributed by atoms with van der Waals surface area (Å²) in [7, 11) is 1.64. The monoisotopic (exact) mass is 413 g/mol. The fourth-order valence-electron chi connectivity index (χ4n) is 4.78. The van der Waals surface area contributed by atoms with Crippen LogP contribution in [0.1, 0.15) is 12.0 Å². The van der Waals surface area contributed by atoms with Gasteiger partial charge in [0.05, 0.1) is 12.8 Å². The molecule has 3 aliphatic heterocycles. The molecule has 3 saturated heterocycles. The van der Waals surface area contributed by atoms with Crippen molar-refractivity contribution in [3.05, 3.63) is 60.8 Å². The molecule has 0 saturated carbocycles. The van der Waals surface area contributed by atoms with Gasteiger partial charge in [0.1, 0.15) is 17.8 Å². The normalized spacial score (nSPS) is 20.6. The van der Waals surface area contributed by atoms with Crippen LogP contribution in [0, 0.1) is 0 Å². The molecule has 156 valence electrons. The van der Waals surface area contributed by atoms with Crippen LogP contribution in [0.4, 0.5) is 5.82 Å². The van der Waals surface area contributed by atoms with Crippen molar-refractivity contribution in [3.8, 4) is 17.1 Å². The van der Waals surface area contributed by atoms with E-state index in [4.69, 9.17) is 9.72 Å². The van der Waals surface area contributed by atoms with Crippen LogP contribution in [0.2, 0.25) is 0 Å². The van der Waals surface area contributed by atoms with Crippen LogP contribution in [0.3, 0.4) is 0 Å². The predicted octanol–water partition coefficient (Wildman–Crippen LogP) is 2.89. The number of nitrogens with zero attached hydrogens (tertiary/aromatic N) is 6. The van der Waals surface area contributed by atoms with E-state index in [9.17, 15) is 0 Å². The number of aromatic amines is 1. The van der Waals surface area contributed by atoms with E-state index in [0.29, 0.717) is 18.0 Å². The predicted molar refractivity (Wildman–Crippen MR) is 118 cm³/mol. The van der Waals surface area contributed by atoms with Gasteiger partial charge in [-0.1, -0.05) is 6.07 Å². The van der Waals surface area contributed by atoms with Gasteiger partial charge in [-0.25, -0.2) is 19.9 Å². The van der Waals surface area contributed by atoms with Gasteiger partial charge in [0.2, 0.25) is 5.88 Å². The summed E-state index contributed by atoms with van der Waals surface area (Å²) in [6.07, 6.45) is 8.57. The number of rotatable bonds is 5. The third-order valence-corrected chi connectivity index (χ3v) is 6.42. The number of fused-ring (bicyclic) bond motifs is 3. The molecule has 2 atom stereocenters. The molecule has 8 nitrogen and oxygen atoms in total. The van der Waals surface area contributed by atoms with E-state index < -0.39 is 0 Å². The molecule has 1 N–H and O–H groups in total. The zero-order valence-electron chi connectivity index (χ0n) is 17.3. The molecule has 3 fully saturated rings. The smallest absolute Gasteiger partial charge is 0.212 e. The Morgan fingerprint density at radius 2 is 1.90 bits per heavy atom. The highest BCUT2D eigenvalue weighted by molar-refractivity contribution is 5.90. The van der Waals surface area contributed by atoms with Crippen molar-refractivity contribution in [2.75, 3.05) is 25.1 Å². The molecule has 8 heteroatoms. The summed E-state index contributed by atoms with van der Waals surface area (Å²) in [5.41, 5.74) is 3.99. The number of hydrogen-bond donors (Lipinski definition) is 1. The molecule has 0 spiro atoms. The Hall–Kier alpha value is -3.52. The van der Waals surface area contributed by atoms with Gasteiger partial charge in [0.25, 0.3) is 0 Å². The minimum absolute atomic E-state index is 0.559. The molecular weight excluding hydrogens is 390 g/mol. The van der Waals surface area contributed by atoms with Crippen LogP contribution >= 0.6 is 0 Å². The zero-order valence-corrected chi connectivity index (χ0v) is 17.3. The van der Waals surface area contributed by atoms with Gasteiger partial charge in [-0.2, -0.15) is 0 Å². The molecule has 3 aliphatic rings. The number of anilines is 1. The summed E-state index contributed by atoms with van der Waals surface area (Å²) >= 11 is 0. The number of methoxy groups -OCH3 is 1. The highest BCUT2D eigenvalue weighted by Crippen LogP contribution is 2.36. The Morgan fingerprint density at radius 3 is 2.65 bits per heavy atom. The van der Waals surface area contributed by atoms with Crippen LogP contribution in [0.25, 0.3) is 22.3 Å². The van der Waals surface area contributed by atoms with Crippen molar-refractivity contribution in [3.63, 3.8) is 0 Å². The number of pyridine rings is 2. The van der Waals surface area contributed by atoms with Gasteiger partial charge in [0, 0.05) is 67.3 Å². The number of piperidine rings is 1. The number of nitrogens with one attached hydrogen (secondary N) is 1. The largest absolute Gasteiger partial charge is 0.481 e. The van der Waals surface area contributed by atoms with Crippen molar-refractivity contribution in [1.82, 2.24) is 29.8 Å². The summed E-state index contributed by atoms with van der Waals surface area (Å²) in [4.78, 5) is 25.9. The van der Waals surface area contributed by atoms with Crippen LogP contribution in [0.5, 0.6) is 5.88 Å². The summed E-state index contributed by atoms with van der Waals surface area (Å²) in [5, 5.41) is 1.01. The topological polar surface area (TPSA) is 83.1 Å². The number of H-pyrrole nitrogens is 1. The van der Waals surface area contributed by atoms with Gasteiger partial charge >= 0.3 is 0 Å². The number of aromatic nitrogens is 5. The number of piperazine rings is 1. The van der Waals surface area contributed by atoms with Gasteiger partial charge in [-0.05, 0) is 30.2 Å². The molecule has 7 heterocycles. The van der Waals surface area contributed by atoms with E-state index in [1.165, 1.54) is 12.0 Å². The van der Waals surface area contributed by atoms with E-state index in [1.54, 1.807) is 13.4 Å². The SMILES string of the molecule is COc1ccc(CN2C3CC2CN(c2ccc(-c4ncnc5[nH]ccc45)cn2)C3)cn1. The van der Waals surface area contributed by atoms with E-state index in [1.807, 2.05) is 30.7 Å². The quantitative estimate of drug-likeness (QED) is 0.539. The van der Waals surface area contributed by atoms with E-state index in [0.717, 1.165) is 47.7 Å². The van der Waals surface area contributed by atoms with Crippen molar-refractivity contribution >= 4 is 16.9 Å².